The van der Waals surface area contributed by atoms with Crippen molar-refractivity contribution in [3.63, 3.8) is 0 Å². The molecule has 0 saturated heterocycles. The van der Waals surface area contributed by atoms with Gasteiger partial charge in [-0.3, -0.25) is 0 Å². The lowest BCUT2D eigenvalue weighted by molar-refractivity contribution is 0.0660. The Morgan fingerprint density at radius 2 is 2.11 bits per heavy atom. The summed E-state index contributed by atoms with van der Waals surface area (Å²) in [5.41, 5.74) is 0.857. The van der Waals surface area contributed by atoms with Crippen LogP contribution in [0.4, 0.5) is 0 Å². The van der Waals surface area contributed by atoms with E-state index in [9.17, 15) is 4.79 Å². The van der Waals surface area contributed by atoms with Gasteiger partial charge in [-0.1, -0.05) is 11.8 Å². The molecule has 2 aromatic rings. The van der Waals surface area contributed by atoms with Crippen molar-refractivity contribution in [2.45, 2.75) is 31.2 Å². The summed E-state index contributed by atoms with van der Waals surface area (Å²) in [6.45, 7) is 5.64. The molecule has 0 spiro atoms. The van der Waals surface area contributed by atoms with Crippen LogP contribution in [0.1, 0.15) is 39.9 Å². The number of oxazole rings is 1. The van der Waals surface area contributed by atoms with Crippen LogP contribution in [0.25, 0.3) is 0 Å². The van der Waals surface area contributed by atoms with Crippen molar-refractivity contribution in [1.82, 2.24) is 4.98 Å². The van der Waals surface area contributed by atoms with E-state index in [1.165, 1.54) is 17.8 Å². The first-order valence-corrected chi connectivity index (χ1v) is 6.29. The van der Waals surface area contributed by atoms with Gasteiger partial charge in [-0.15, -0.1) is 0 Å². The van der Waals surface area contributed by atoms with Crippen LogP contribution in [0.3, 0.4) is 0 Å². The van der Waals surface area contributed by atoms with Crippen molar-refractivity contribution in [1.29, 1.82) is 0 Å². The third kappa shape index (κ3) is 2.59. The first-order valence-electron chi connectivity index (χ1n) is 5.41. The zero-order valence-electron chi connectivity index (χ0n) is 10.3. The molecule has 1 unspecified atom stereocenters. The summed E-state index contributed by atoms with van der Waals surface area (Å²) in [4.78, 5) is 15.0. The molecule has 96 valence electrons. The Hall–Kier alpha value is -1.69. The van der Waals surface area contributed by atoms with Crippen LogP contribution in [0.2, 0.25) is 0 Å². The number of hydrogen-bond donors (Lipinski definition) is 1. The zero-order valence-corrected chi connectivity index (χ0v) is 11.1. The predicted octanol–water partition coefficient (Wildman–Crippen LogP) is 3.44. The highest BCUT2D eigenvalue weighted by Gasteiger charge is 2.18. The van der Waals surface area contributed by atoms with Gasteiger partial charge < -0.3 is 13.9 Å². The summed E-state index contributed by atoms with van der Waals surface area (Å²) < 4.78 is 10.7. The quantitative estimate of drug-likeness (QED) is 0.855. The van der Waals surface area contributed by atoms with Gasteiger partial charge in [0.15, 0.2) is 0 Å². The molecule has 1 N–H and O–H groups in total. The molecule has 0 aliphatic carbocycles. The van der Waals surface area contributed by atoms with E-state index in [1.54, 1.807) is 6.07 Å². The average molecular weight is 267 g/mol. The van der Waals surface area contributed by atoms with Crippen molar-refractivity contribution in [3.05, 3.63) is 35.1 Å². The van der Waals surface area contributed by atoms with Crippen molar-refractivity contribution in [2.75, 3.05) is 0 Å². The lowest BCUT2D eigenvalue weighted by atomic mass is 10.3. The fraction of sp³-hybridized carbons (Fsp3) is 0.333. The largest absolute Gasteiger partial charge is 0.475 e. The van der Waals surface area contributed by atoms with Gasteiger partial charge in [0, 0.05) is 0 Å². The summed E-state index contributed by atoms with van der Waals surface area (Å²) in [5, 5.41) is 9.28. The Morgan fingerprint density at radius 1 is 1.39 bits per heavy atom. The highest BCUT2D eigenvalue weighted by Crippen LogP contribution is 2.35. The van der Waals surface area contributed by atoms with E-state index in [1.807, 2.05) is 20.8 Å². The second kappa shape index (κ2) is 4.89. The van der Waals surface area contributed by atoms with Crippen molar-refractivity contribution >= 4 is 17.7 Å². The maximum Gasteiger partial charge on any atom is 0.371 e. The molecule has 6 heteroatoms. The molecule has 2 heterocycles. The van der Waals surface area contributed by atoms with Crippen LogP contribution >= 0.6 is 11.8 Å². The summed E-state index contributed by atoms with van der Waals surface area (Å²) in [7, 11) is 0. The van der Waals surface area contributed by atoms with Crippen LogP contribution in [-0.4, -0.2) is 16.1 Å². The standard InChI is InChI=1S/C12H13NO4S/c1-6-7(2)16-12(13-6)18-8(3)9-4-5-10(17-9)11(14)15/h4-5,8H,1-3H3,(H,14,15). The van der Waals surface area contributed by atoms with Gasteiger partial charge in [0.2, 0.25) is 5.76 Å². The van der Waals surface area contributed by atoms with E-state index in [0.29, 0.717) is 11.0 Å². The fourth-order valence-electron chi connectivity index (χ4n) is 1.39. The first-order chi connectivity index (χ1) is 8.47. The number of aryl methyl sites for hydroxylation is 2. The van der Waals surface area contributed by atoms with Crippen molar-refractivity contribution in [2.24, 2.45) is 0 Å². The average Bonchev–Trinajstić information content (AvgIpc) is 2.87. The number of hydrogen-bond acceptors (Lipinski definition) is 5. The SMILES string of the molecule is Cc1nc(SC(C)c2ccc(C(=O)O)o2)oc1C. The minimum absolute atomic E-state index is 0.0581. The van der Waals surface area contributed by atoms with E-state index >= 15 is 0 Å². The van der Waals surface area contributed by atoms with Crippen LogP contribution in [-0.2, 0) is 0 Å². The molecule has 0 amide bonds. The van der Waals surface area contributed by atoms with Crippen molar-refractivity contribution < 1.29 is 18.7 Å². The minimum atomic E-state index is -1.07. The summed E-state index contributed by atoms with van der Waals surface area (Å²) >= 11 is 1.39. The normalized spacial score (nSPS) is 12.6. The molecule has 0 aromatic carbocycles. The number of carboxylic acids is 1. The topological polar surface area (TPSA) is 76.5 Å². The molecule has 0 aliphatic rings. The summed E-state index contributed by atoms with van der Waals surface area (Å²) in [5.74, 6) is 0.250. The summed E-state index contributed by atoms with van der Waals surface area (Å²) in [6, 6.07) is 3.10. The molecule has 0 saturated carbocycles. The smallest absolute Gasteiger partial charge is 0.371 e. The Balaban J connectivity index is 2.11. The maximum absolute atomic E-state index is 10.7. The highest BCUT2D eigenvalue weighted by atomic mass is 32.2. The van der Waals surface area contributed by atoms with E-state index in [-0.39, 0.29) is 11.0 Å². The van der Waals surface area contributed by atoms with Crippen LogP contribution < -0.4 is 0 Å². The molecule has 0 aliphatic heterocycles. The number of nitrogens with zero attached hydrogens (tertiary/aromatic N) is 1. The van der Waals surface area contributed by atoms with Gasteiger partial charge >= 0.3 is 5.97 Å². The molecular formula is C12H13NO4S. The lowest BCUT2D eigenvalue weighted by Gasteiger charge is -2.04. The molecular weight excluding hydrogens is 254 g/mol. The van der Waals surface area contributed by atoms with Gasteiger partial charge in [0.1, 0.15) is 11.5 Å². The van der Waals surface area contributed by atoms with Gasteiger partial charge in [0.25, 0.3) is 5.22 Å². The Bertz CT molecular complexity index is 553. The van der Waals surface area contributed by atoms with Gasteiger partial charge in [-0.25, -0.2) is 9.78 Å². The highest BCUT2D eigenvalue weighted by molar-refractivity contribution is 7.99. The van der Waals surface area contributed by atoms with Gasteiger partial charge in [0.05, 0.1) is 10.9 Å². The molecule has 5 nitrogen and oxygen atoms in total. The third-order valence-corrected chi connectivity index (χ3v) is 3.49. The number of aromatic carboxylic acids is 1. The van der Waals surface area contributed by atoms with E-state index in [4.69, 9.17) is 13.9 Å². The van der Waals surface area contributed by atoms with Crippen molar-refractivity contribution in [3.8, 4) is 0 Å². The Morgan fingerprint density at radius 3 is 2.61 bits per heavy atom. The van der Waals surface area contributed by atoms with Crippen LogP contribution in [0.5, 0.6) is 0 Å². The lowest BCUT2D eigenvalue weighted by Crippen LogP contribution is -1.92. The number of carbonyl (C=O) groups is 1. The monoisotopic (exact) mass is 267 g/mol. The molecule has 0 radical (unpaired) electrons. The second-order valence-corrected chi connectivity index (χ2v) is 5.18. The molecule has 2 aromatic heterocycles. The molecule has 18 heavy (non-hydrogen) atoms. The first kappa shape index (κ1) is 12.8. The van der Waals surface area contributed by atoms with E-state index in [2.05, 4.69) is 4.98 Å². The number of furan rings is 1. The molecule has 0 bridgehead atoms. The van der Waals surface area contributed by atoms with Crippen LogP contribution in [0.15, 0.2) is 26.2 Å². The molecule has 2 rings (SSSR count). The van der Waals surface area contributed by atoms with Gasteiger partial charge in [-0.05, 0) is 32.9 Å². The second-order valence-electron chi connectivity index (χ2n) is 3.89. The number of aromatic nitrogens is 1. The third-order valence-electron chi connectivity index (χ3n) is 2.52. The fourth-order valence-corrected chi connectivity index (χ4v) is 2.30. The number of carboxylic acid groups (broad SMARTS) is 1. The Kier molecular flexibility index (Phi) is 3.47. The van der Waals surface area contributed by atoms with Crippen LogP contribution in [0, 0.1) is 13.8 Å². The molecule has 1 atom stereocenters. The molecule has 0 fully saturated rings. The number of rotatable bonds is 4. The van der Waals surface area contributed by atoms with E-state index < -0.39 is 5.97 Å². The van der Waals surface area contributed by atoms with E-state index in [0.717, 1.165) is 11.5 Å². The maximum atomic E-state index is 10.7. The number of thioether (sulfide) groups is 1. The Labute approximate surface area is 108 Å². The minimum Gasteiger partial charge on any atom is -0.475 e. The predicted molar refractivity (Wildman–Crippen MR) is 65.9 cm³/mol. The summed E-state index contributed by atoms with van der Waals surface area (Å²) in [6.07, 6.45) is 0. The zero-order chi connectivity index (χ0) is 13.3. The van der Waals surface area contributed by atoms with Gasteiger partial charge in [-0.2, -0.15) is 0 Å².